The van der Waals surface area contributed by atoms with Crippen LogP contribution in [0.4, 0.5) is 4.79 Å². The molecule has 32 heavy (non-hydrogen) atoms. The van der Waals surface area contributed by atoms with E-state index < -0.39 is 18.0 Å². The summed E-state index contributed by atoms with van der Waals surface area (Å²) in [4.78, 5) is 39.4. The number of para-hydroxylation sites is 1. The van der Waals surface area contributed by atoms with Crippen LogP contribution in [0.3, 0.4) is 0 Å². The van der Waals surface area contributed by atoms with Crippen molar-refractivity contribution in [3.63, 3.8) is 0 Å². The third kappa shape index (κ3) is 4.91. The Morgan fingerprint density at radius 1 is 1.09 bits per heavy atom. The molecular formula is C24H26N4O4. The maximum atomic E-state index is 12.4. The molecule has 1 heterocycles. The highest BCUT2D eigenvalue weighted by Gasteiger charge is 2.24. The van der Waals surface area contributed by atoms with Crippen LogP contribution >= 0.6 is 0 Å². The molecule has 0 saturated carbocycles. The summed E-state index contributed by atoms with van der Waals surface area (Å²) in [6.07, 6.45) is 4.70. The number of nitrogens with one attached hydrogen (secondary N) is 4. The lowest BCUT2D eigenvalue weighted by molar-refractivity contribution is -0.139. The number of carboxylic acids is 1. The summed E-state index contributed by atoms with van der Waals surface area (Å²) in [5, 5.41) is 18.3. The van der Waals surface area contributed by atoms with Gasteiger partial charge in [0.2, 0.25) is 5.91 Å². The van der Waals surface area contributed by atoms with Crippen molar-refractivity contribution >= 4 is 28.8 Å². The van der Waals surface area contributed by atoms with Crippen LogP contribution in [0, 0.1) is 0 Å². The summed E-state index contributed by atoms with van der Waals surface area (Å²) in [6, 6.07) is 13.7. The topological polar surface area (TPSA) is 123 Å². The van der Waals surface area contributed by atoms with Gasteiger partial charge in [0.05, 0.1) is 12.6 Å². The van der Waals surface area contributed by atoms with Crippen molar-refractivity contribution in [1.82, 2.24) is 20.9 Å². The normalized spacial score (nSPS) is 16.1. The monoisotopic (exact) mass is 434 g/mol. The quantitative estimate of drug-likeness (QED) is 0.392. The molecule has 0 spiro atoms. The molecule has 8 heteroatoms. The second-order valence-corrected chi connectivity index (χ2v) is 7.99. The van der Waals surface area contributed by atoms with Gasteiger partial charge in [-0.15, -0.1) is 0 Å². The third-order valence-electron chi connectivity index (χ3n) is 5.82. The molecular weight excluding hydrogens is 408 g/mol. The molecule has 0 bridgehead atoms. The van der Waals surface area contributed by atoms with E-state index in [1.807, 2.05) is 42.5 Å². The number of carboxylic acid groups (broad SMARTS) is 1. The number of carbonyl (C=O) groups is 3. The van der Waals surface area contributed by atoms with Gasteiger partial charge in [-0.25, -0.2) is 9.59 Å². The summed E-state index contributed by atoms with van der Waals surface area (Å²) in [6.45, 7) is -0.232. The first kappa shape index (κ1) is 21.4. The molecule has 2 aromatic carbocycles. The van der Waals surface area contributed by atoms with Gasteiger partial charge in [-0.05, 0) is 42.0 Å². The Hall–Kier alpha value is -3.81. The Morgan fingerprint density at radius 3 is 2.72 bits per heavy atom. The van der Waals surface area contributed by atoms with E-state index in [1.54, 1.807) is 6.20 Å². The molecule has 8 nitrogen and oxygen atoms in total. The van der Waals surface area contributed by atoms with Gasteiger partial charge in [-0.1, -0.05) is 42.5 Å². The molecule has 1 aliphatic rings. The average Bonchev–Trinajstić information content (AvgIpc) is 3.20. The van der Waals surface area contributed by atoms with E-state index >= 15 is 0 Å². The van der Waals surface area contributed by atoms with Gasteiger partial charge in [-0.3, -0.25) is 4.79 Å². The van der Waals surface area contributed by atoms with Crippen LogP contribution in [0.25, 0.3) is 10.9 Å². The molecule has 1 aromatic heterocycles. The zero-order chi connectivity index (χ0) is 22.5. The summed E-state index contributed by atoms with van der Waals surface area (Å²) in [5.41, 5.74) is 4.04. The molecule has 3 aromatic rings. The van der Waals surface area contributed by atoms with Gasteiger partial charge >= 0.3 is 12.0 Å². The largest absolute Gasteiger partial charge is 0.480 e. The van der Waals surface area contributed by atoms with Crippen molar-refractivity contribution in [2.24, 2.45) is 0 Å². The summed E-state index contributed by atoms with van der Waals surface area (Å²) in [5.74, 6) is -1.46. The lowest BCUT2D eigenvalue weighted by Crippen LogP contribution is -2.49. The van der Waals surface area contributed by atoms with Crippen LogP contribution in [-0.4, -0.2) is 40.6 Å². The highest BCUT2D eigenvalue weighted by Crippen LogP contribution is 2.29. The zero-order valence-corrected chi connectivity index (χ0v) is 17.6. The van der Waals surface area contributed by atoms with Gasteiger partial charge < -0.3 is 26.0 Å². The number of carbonyl (C=O) groups excluding carboxylic acids is 2. The van der Waals surface area contributed by atoms with E-state index in [2.05, 4.69) is 27.0 Å². The van der Waals surface area contributed by atoms with Gasteiger partial charge in [-0.2, -0.15) is 0 Å². The van der Waals surface area contributed by atoms with Crippen molar-refractivity contribution < 1.29 is 19.5 Å². The minimum absolute atomic E-state index is 0.0778. The number of amides is 3. The first-order valence-electron chi connectivity index (χ1n) is 10.7. The molecule has 1 aliphatic carbocycles. The smallest absolute Gasteiger partial charge is 0.326 e. The molecule has 0 unspecified atom stereocenters. The SMILES string of the molecule is O=C(CNC(=O)N[C@@H](Cc1c[nH]c2ccccc12)C(=O)O)N[C@@H]1CCCc2ccccc21. The third-order valence-corrected chi connectivity index (χ3v) is 5.82. The van der Waals surface area contributed by atoms with E-state index in [1.165, 1.54) is 5.56 Å². The first-order valence-corrected chi connectivity index (χ1v) is 10.7. The van der Waals surface area contributed by atoms with E-state index in [0.29, 0.717) is 0 Å². The number of fused-ring (bicyclic) bond motifs is 2. The minimum atomic E-state index is -1.14. The number of hydrogen-bond donors (Lipinski definition) is 5. The zero-order valence-electron chi connectivity index (χ0n) is 17.6. The van der Waals surface area contributed by atoms with Crippen molar-refractivity contribution in [2.45, 2.75) is 37.8 Å². The Balaban J connectivity index is 1.30. The van der Waals surface area contributed by atoms with Crippen LogP contribution in [0.1, 0.15) is 35.6 Å². The van der Waals surface area contributed by atoms with E-state index in [4.69, 9.17) is 0 Å². The number of aromatic nitrogens is 1. The summed E-state index contributed by atoms with van der Waals surface area (Å²) < 4.78 is 0. The Labute approximate surface area is 185 Å². The molecule has 3 amide bonds. The molecule has 166 valence electrons. The average molecular weight is 434 g/mol. The Bertz CT molecular complexity index is 1140. The van der Waals surface area contributed by atoms with E-state index in [-0.39, 0.29) is 24.9 Å². The lowest BCUT2D eigenvalue weighted by Gasteiger charge is -2.26. The minimum Gasteiger partial charge on any atom is -0.480 e. The predicted molar refractivity (Wildman–Crippen MR) is 120 cm³/mol. The van der Waals surface area contributed by atoms with Gasteiger partial charge in [0.25, 0.3) is 0 Å². The maximum Gasteiger partial charge on any atom is 0.326 e. The highest BCUT2D eigenvalue weighted by molar-refractivity contribution is 5.88. The molecule has 0 aliphatic heterocycles. The second-order valence-electron chi connectivity index (χ2n) is 7.99. The number of aliphatic carboxylic acids is 1. The van der Waals surface area contributed by atoms with E-state index in [0.717, 1.165) is 41.3 Å². The number of H-pyrrole nitrogens is 1. The summed E-state index contributed by atoms with van der Waals surface area (Å²) >= 11 is 0. The number of aromatic amines is 1. The molecule has 4 rings (SSSR count). The number of rotatable bonds is 7. The molecule has 0 fully saturated rings. The highest BCUT2D eigenvalue weighted by atomic mass is 16.4. The summed E-state index contributed by atoms with van der Waals surface area (Å²) in [7, 11) is 0. The number of urea groups is 1. The van der Waals surface area contributed by atoms with Crippen molar-refractivity contribution in [3.05, 3.63) is 71.4 Å². The fourth-order valence-corrected chi connectivity index (χ4v) is 4.24. The van der Waals surface area contributed by atoms with Crippen LogP contribution in [-0.2, 0) is 22.4 Å². The van der Waals surface area contributed by atoms with Crippen molar-refractivity contribution in [1.29, 1.82) is 0 Å². The van der Waals surface area contributed by atoms with Crippen molar-refractivity contribution in [2.75, 3.05) is 6.54 Å². The Kier molecular flexibility index (Phi) is 6.39. The Morgan fingerprint density at radius 2 is 1.88 bits per heavy atom. The number of aryl methyl sites for hydroxylation is 1. The predicted octanol–water partition coefficient (Wildman–Crippen LogP) is 2.66. The molecule has 0 saturated heterocycles. The fraction of sp³-hybridized carbons (Fsp3) is 0.292. The molecule has 2 atom stereocenters. The lowest BCUT2D eigenvalue weighted by atomic mass is 9.88. The molecule has 0 radical (unpaired) electrons. The first-order chi connectivity index (χ1) is 15.5. The number of hydrogen-bond acceptors (Lipinski definition) is 3. The van der Waals surface area contributed by atoms with Crippen LogP contribution in [0.15, 0.2) is 54.7 Å². The van der Waals surface area contributed by atoms with Crippen LogP contribution < -0.4 is 16.0 Å². The standard InChI is InChI=1S/C24H26N4O4/c29-22(27-20-11-5-7-15-6-1-2-8-17(15)20)14-26-24(32)28-21(23(30)31)12-16-13-25-19-10-4-3-9-18(16)19/h1-4,6,8-10,13,20-21,25H,5,7,11-12,14H2,(H,27,29)(H,30,31)(H2,26,28,32)/t20-,21+/m1/s1. The van der Waals surface area contributed by atoms with Crippen LogP contribution in [0.5, 0.6) is 0 Å². The van der Waals surface area contributed by atoms with E-state index in [9.17, 15) is 19.5 Å². The van der Waals surface area contributed by atoms with Gasteiger partial charge in [0, 0.05) is 23.5 Å². The van der Waals surface area contributed by atoms with Gasteiger partial charge in [0.15, 0.2) is 0 Å². The van der Waals surface area contributed by atoms with Crippen LogP contribution in [0.2, 0.25) is 0 Å². The maximum absolute atomic E-state index is 12.4. The second kappa shape index (κ2) is 9.55. The number of benzene rings is 2. The van der Waals surface area contributed by atoms with Crippen molar-refractivity contribution in [3.8, 4) is 0 Å². The van der Waals surface area contributed by atoms with Gasteiger partial charge in [0.1, 0.15) is 6.04 Å². The molecule has 5 N–H and O–H groups in total. The fourth-order valence-electron chi connectivity index (χ4n) is 4.24.